The molecule has 0 saturated carbocycles. The number of carbonyl (C=O) groups excluding carboxylic acids is 1. The number of hydrogen-bond donors (Lipinski definition) is 2. The van der Waals surface area contributed by atoms with Crippen molar-refractivity contribution in [1.29, 1.82) is 0 Å². The van der Waals surface area contributed by atoms with Gasteiger partial charge in [-0.15, -0.1) is 0 Å². The number of nitrogens with zero attached hydrogens (tertiary/aromatic N) is 3. The van der Waals surface area contributed by atoms with Gasteiger partial charge in [0.25, 0.3) is 5.91 Å². The Labute approximate surface area is 134 Å². The third-order valence-electron chi connectivity index (χ3n) is 3.66. The van der Waals surface area contributed by atoms with Gasteiger partial charge in [0.2, 0.25) is 0 Å². The molecule has 0 fully saturated rings. The highest BCUT2D eigenvalue weighted by atomic mass is 16.4. The second-order valence-corrected chi connectivity index (χ2v) is 5.99. The molecular formula is C16H22N4O3. The van der Waals surface area contributed by atoms with Gasteiger partial charge < -0.3 is 10.4 Å². The van der Waals surface area contributed by atoms with Crippen LogP contribution < -0.4 is 5.32 Å². The summed E-state index contributed by atoms with van der Waals surface area (Å²) in [5, 5.41) is 16.8. The number of aromatic nitrogens is 3. The van der Waals surface area contributed by atoms with Gasteiger partial charge in [-0.05, 0) is 32.3 Å². The zero-order chi connectivity index (χ0) is 17.1. The molecule has 2 heterocycles. The maximum absolute atomic E-state index is 12.4. The van der Waals surface area contributed by atoms with Crippen LogP contribution in [0.3, 0.4) is 0 Å². The van der Waals surface area contributed by atoms with Crippen molar-refractivity contribution >= 4 is 22.9 Å². The summed E-state index contributed by atoms with van der Waals surface area (Å²) < 4.78 is 1.75. The van der Waals surface area contributed by atoms with Crippen LogP contribution in [0.15, 0.2) is 12.3 Å². The fraction of sp³-hybridized carbons (Fsp3) is 0.500. The number of hydrogen-bond acceptors (Lipinski definition) is 4. The molecule has 124 valence electrons. The molecule has 2 N–H and O–H groups in total. The minimum Gasteiger partial charge on any atom is -0.480 e. The molecule has 2 aromatic heterocycles. The average Bonchev–Trinajstić information content (AvgIpc) is 2.86. The van der Waals surface area contributed by atoms with E-state index >= 15 is 0 Å². The third-order valence-corrected chi connectivity index (χ3v) is 3.66. The van der Waals surface area contributed by atoms with E-state index in [-0.39, 0.29) is 5.92 Å². The van der Waals surface area contributed by atoms with E-state index in [9.17, 15) is 14.7 Å². The van der Waals surface area contributed by atoms with Crippen LogP contribution in [0.5, 0.6) is 0 Å². The molecule has 0 unspecified atom stereocenters. The van der Waals surface area contributed by atoms with E-state index in [1.54, 1.807) is 23.9 Å². The monoisotopic (exact) mass is 318 g/mol. The number of rotatable bonds is 6. The Bertz CT molecular complexity index is 736. The van der Waals surface area contributed by atoms with Crippen molar-refractivity contribution < 1.29 is 14.7 Å². The van der Waals surface area contributed by atoms with E-state index in [1.165, 1.54) is 0 Å². The largest absolute Gasteiger partial charge is 0.480 e. The number of amides is 1. The maximum atomic E-state index is 12.4. The van der Waals surface area contributed by atoms with Crippen molar-refractivity contribution in [3.63, 3.8) is 0 Å². The molecule has 0 spiro atoms. The molecule has 1 atom stereocenters. The van der Waals surface area contributed by atoms with Crippen LogP contribution in [-0.2, 0) is 11.3 Å². The predicted molar refractivity (Wildman–Crippen MR) is 86.3 cm³/mol. The highest BCUT2D eigenvalue weighted by Crippen LogP contribution is 2.17. The Kier molecular flexibility index (Phi) is 4.98. The van der Waals surface area contributed by atoms with Gasteiger partial charge in [-0.25, -0.2) is 14.5 Å². The Hall–Kier alpha value is -2.44. The van der Waals surface area contributed by atoms with E-state index < -0.39 is 17.9 Å². The summed E-state index contributed by atoms with van der Waals surface area (Å²) in [4.78, 5) is 28.2. The van der Waals surface area contributed by atoms with Crippen molar-refractivity contribution in [1.82, 2.24) is 20.1 Å². The quantitative estimate of drug-likeness (QED) is 0.849. The normalized spacial score (nSPS) is 12.6. The minimum absolute atomic E-state index is 0.167. The molecule has 2 rings (SSSR count). The molecule has 0 saturated heterocycles. The molecule has 7 nitrogen and oxygen atoms in total. The number of carboxylic acid groups (broad SMARTS) is 1. The van der Waals surface area contributed by atoms with Crippen LogP contribution in [0.2, 0.25) is 0 Å². The first-order chi connectivity index (χ1) is 10.8. The molecule has 1 amide bonds. The Morgan fingerprint density at radius 1 is 1.39 bits per heavy atom. The Balaban J connectivity index is 2.29. The average molecular weight is 318 g/mol. The summed E-state index contributed by atoms with van der Waals surface area (Å²) in [7, 11) is 0. The van der Waals surface area contributed by atoms with Crippen molar-refractivity contribution in [3.8, 4) is 0 Å². The van der Waals surface area contributed by atoms with E-state index in [2.05, 4.69) is 15.4 Å². The van der Waals surface area contributed by atoms with E-state index in [1.807, 2.05) is 20.8 Å². The van der Waals surface area contributed by atoms with Gasteiger partial charge >= 0.3 is 5.97 Å². The van der Waals surface area contributed by atoms with Gasteiger partial charge in [0.15, 0.2) is 5.65 Å². The number of pyridine rings is 1. The topological polar surface area (TPSA) is 97.1 Å². The molecule has 0 aromatic carbocycles. The van der Waals surface area contributed by atoms with Crippen LogP contribution in [-0.4, -0.2) is 37.8 Å². The lowest BCUT2D eigenvalue weighted by atomic mass is 10.0. The van der Waals surface area contributed by atoms with Crippen LogP contribution in [0, 0.1) is 12.8 Å². The maximum Gasteiger partial charge on any atom is 0.326 e. The van der Waals surface area contributed by atoms with Crippen LogP contribution in [0.25, 0.3) is 11.0 Å². The highest BCUT2D eigenvalue weighted by Gasteiger charge is 2.23. The van der Waals surface area contributed by atoms with Crippen LogP contribution in [0.4, 0.5) is 0 Å². The SMILES string of the molecule is CCn1ncc2cc(C(=O)N[C@@H](CC(C)C)C(=O)O)c(C)nc21. The molecule has 0 aliphatic rings. The van der Waals surface area contributed by atoms with Crippen molar-refractivity contribution in [3.05, 3.63) is 23.5 Å². The molecule has 23 heavy (non-hydrogen) atoms. The third kappa shape index (κ3) is 3.67. The minimum atomic E-state index is -1.03. The zero-order valence-electron chi connectivity index (χ0n) is 13.8. The summed E-state index contributed by atoms with van der Waals surface area (Å²) in [5.74, 6) is -1.28. The standard InChI is InChI=1S/C16H22N4O3/c1-5-20-14-11(8-17-20)7-12(10(4)18-14)15(21)19-13(16(22)23)6-9(2)3/h7-9,13H,5-6H2,1-4H3,(H,19,21)(H,22,23)/t13-/m0/s1. The van der Waals surface area contributed by atoms with Crippen molar-refractivity contribution in [2.45, 2.75) is 46.7 Å². The lowest BCUT2D eigenvalue weighted by molar-refractivity contribution is -0.139. The summed E-state index contributed by atoms with van der Waals surface area (Å²) in [5.41, 5.74) is 1.65. The molecule has 0 bridgehead atoms. The molecule has 0 radical (unpaired) electrons. The van der Waals surface area contributed by atoms with Crippen LogP contribution in [0.1, 0.15) is 43.2 Å². The number of fused-ring (bicyclic) bond motifs is 1. The fourth-order valence-corrected chi connectivity index (χ4v) is 2.49. The molecule has 0 aliphatic carbocycles. The summed E-state index contributed by atoms with van der Waals surface area (Å²) in [6.45, 7) is 8.23. The highest BCUT2D eigenvalue weighted by molar-refractivity contribution is 5.99. The summed E-state index contributed by atoms with van der Waals surface area (Å²) in [6, 6.07) is 0.802. The molecule has 2 aromatic rings. The second-order valence-electron chi connectivity index (χ2n) is 5.99. The van der Waals surface area contributed by atoms with Gasteiger partial charge in [-0.3, -0.25) is 4.79 Å². The Morgan fingerprint density at radius 2 is 2.09 bits per heavy atom. The fourth-order valence-electron chi connectivity index (χ4n) is 2.49. The first-order valence-corrected chi connectivity index (χ1v) is 7.70. The Morgan fingerprint density at radius 3 is 2.65 bits per heavy atom. The van der Waals surface area contributed by atoms with Gasteiger partial charge in [-0.2, -0.15) is 5.10 Å². The number of aryl methyl sites for hydroxylation is 2. The summed E-state index contributed by atoms with van der Waals surface area (Å²) >= 11 is 0. The molecule has 0 aliphatic heterocycles. The van der Waals surface area contributed by atoms with Crippen LogP contribution >= 0.6 is 0 Å². The van der Waals surface area contributed by atoms with Gasteiger partial charge in [0.05, 0.1) is 17.5 Å². The zero-order valence-corrected chi connectivity index (χ0v) is 13.8. The van der Waals surface area contributed by atoms with Gasteiger partial charge in [-0.1, -0.05) is 13.8 Å². The molecule has 7 heteroatoms. The number of carbonyl (C=O) groups is 2. The second kappa shape index (κ2) is 6.76. The van der Waals surface area contributed by atoms with Gasteiger partial charge in [0, 0.05) is 11.9 Å². The lowest BCUT2D eigenvalue weighted by Crippen LogP contribution is -2.41. The van der Waals surface area contributed by atoms with Gasteiger partial charge in [0.1, 0.15) is 6.04 Å². The number of carboxylic acids is 1. The summed E-state index contributed by atoms with van der Waals surface area (Å²) in [6.07, 6.45) is 2.04. The number of nitrogens with one attached hydrogen (secondary N) is 1. The van der Waals surface area contributed by atoms with Crippen molar-refractivity contribution in [2.24, 2.45) is 5.92 Å². The molecular weight excluding hydrogens is 296 g/mol. The lowest BCUT2D eigenvalue weighted by Gasteiger charge is -2.17. The smallest absolute Gasteiger partial charge is 0.326 e. The van der Waals surface area contributed by atoms with E-state index in [0.29, 0.717) is 24.2 Å². The predicted octanol–water partition coefficient (Wildman–Crippen LogP) is 1.99. The van der Waals surface area contributed by atoms with E-state index in [0.717, 1.165) is 11.0 Å². The van der Waals surface area contributed by atoms with E-state index in [4.69, 9.17) is 0 Å². The van der Waals surface area contributed by atoms with Crippen molar-refractivity contribution in [2.75, 3.05) is 0 Å². The first kappa shape index (κ1) is 16.9. The first-order valence-electron chi connectivity index (χ1n) is 7.70. The number of aliphatic carboxylic acids is 1.